The Labute approximate surface area is 156 Å². The predicted molar refractivity (Wildman–Crippen MR) is 103 cm³/mol. The number of hydrogen-bond donors (Lipinski definition) is 0. The maximum absolute atomic E-state index is 12.9. The monoisotopic (exact) mass is 357 g/mol. The largest absolute Gasteiger partial charge is 0.497 e. The molecule has 0 radical (unpaired) electrons. The molecule has 3 aliphatic heterocycles. The van der Waals surface area contributed by atoms with Crippen molar-refractivity contribution in [3.8, 4) is 5.75 Å². The Morgan fingerprint density at radius 3 is 2.96 bits per heavy atom. The second kappa shape index (κ2) is 7.10. The number of nitrogens with zero attached hydrogens (tertiary/aromatic N) is 3. The third kappa shape index (κ3) is 2.96. The number of ether oxygens (including phenoxy) is 1. The standard InChI is InChI=1S/C21H31N3O2/c1-4-22(2)21(25)24-10-5-6-16-14-23-11-9-15-12-17(26-3)7-8-18(15)20(23)13-19(16)24/h7-8,12,16,19-20H,4-6,9-11,13-14H2,1-3H3. The van der Waals surface area contributed by atoms with Gasteiger partial charge in [-0.2, -0.15) is 0 Å². The summed E-state index contributed by atoms with van der Waals surface area (Å²) in [6, 6.07) is 7.56. The van der Waals surface area contributed by atoms with Crippen LogP contribution in [0.15, 0.2) is 18.2 Å². The van der Waals surface area contributed by atoms with Crippen LogP contribution in [-0.4, -0.2) is 67.1 Å². The Balaban J connectivity index is 1.60. The highest BCUT2D eigenvalue weighted by atomic mass is 16.5. The van der Waals surface area contributed by atoms with Gasteiger partial charge in [0.25, 0.3) is 0 Å². The van der Waals surface area contributed by atoms with Crippen LogP contribution in [0, 0.1) is 5.92 Å². The second-order valence-electron chi connectivity index (χ2n) is 8.02. The number of carbonyl (C=O) groups is 1. The van der Waals surface area contributed by atoms with E-state index < -0.39 is 0 Å². The van der Waals surface area contributed by atoms with Gasteiger partial charge < -0.3 is 14.5 Å². The quantitative estimate of drug-likeness (QED) is 0.816. The van der Waals surface area contributed by atoms with Crippen molar-refractivity contribution in [1.29, 1.82) is 0 Å². The number of benzene rings is 1. The van der Waals surface area contributed by atoms with Gasteiger partial charge in [0.05, 0.1) is 7.11 Å². The molecule has 0 spiro atoms. The van der Waals surface area contributed by atoms with E-state index in [9.17, 15) is 4.79 Å². The molecule has 4 rings (SSSR count). The molecule has 0 N–H and O–H groups in total. The minimum atomic E-state index is 0.210. The van der Waals surface area contributed by atoms with Gasteiger partial charge in [-0.3, -0.25) is 4.90 Å². The SMILES string of the molecule is CCN(C)C(=O)N1CCCC2CN3CCc4cc(OC)ccc4C3CC21. The number of amides is 2. The summed E-state index contributed by atoms with van der Waals surface area (Å²) in [7, 11) is 3.65. The Kier molecular flexibility index (Phi) is 4.82. The molecule has 3 heterocycles. The Hall–Kier alpha value is -1.75. The van der Waals surface area contributed by atoms with Crippen LogP contribution in [0.3, 0.4) is 0 Å². The zero-order valence-electron chi connectivity index (χ0n) is 16.3. The molecule has 142 valence electrons. The number of carbonyl (C=O) groups excluding carboxylic acids is 1. The lowest BCUT2D eigenvalue weighted by molar-refractivity contribution is 0.000215. The normalized spacial score (nSPS) is 28.0. The van der Waals surface area contributed by atoms with E-state index in [-0.39, 0.29) is 6.03 Å². The van der Waals surface area contributed by atoms with Crippen molar-refractivity contribution in [2.75, 3.05) is 40.3 Å². The molecule has 0 aromatic heterocycles. The van der Waals surface area contributed by atoms with Crippen LogP contribution >= 0.6 is 0 Å². The van der Waals surface area contributed by atoms with Crippen molar-refractivity contribution in [2.45, 2.75) is 44.7 Å². The highest BCUT2D eigenvalue weighted by Gasteiger charge is 2.44. The third-order valence-corrected chi connectivity index (χ3v) is 6.72. The van der Waals surface area contributed by atoms with Crippen molar-refractivity contribution in [1.82, 2.24) is 14.7 Å². The van der Waals surface area contributed by atoms with Crippen LogP contribution in [0.25, 0.3) is 0 Å². The van der Waals surface area contributed by atoms with Crippen LogP contribution in [0.4, 0.5) is 4.79 Å². The molecule has 3 atom stereocenters. The molecule has 5 nitrogen and oxygen atoms in total. The lowest BCUT2D eigenvalue weighted by Crippen LogP contribution is -2.59. The van der Waals surface area contributed by atoms with Gasteiger partial charge in [-0.25, -0.2) is 4.79 Å². The first-order valence-electron chi connectivity index (χ1n) is 10.0. The van der Waals surface area contributed by atoms with Crippen LogP contribution in [-0.2, 0) is 6.42 Å². The molecule has 2 amide bonds. The summed E-state index contributed by atoms with van der Waals surface area (Å²) in [5, 5.41) is 0. The summed E-state index contributed by atoms with van der Waals surface area (Å²) in [5.41, 5.74) is 2.86. The average molecular weight is 357 g/mol. The van der Waals surface area contributed by atoms with Crippen molar-refractivity contribution >= 4 is 6.03 Å². The molecule has 3 aliphatic rings. The fraction of sp³-hybridized carbons (Fsp3) is 0.667. The van der Waals surface area contributed by atoms with Gasteiger partial charge in [0, 0.05) is 45.3 Å². The van der Waals surface area contributed by atoms with Gasteiger partial charge in [0.1, 0.15) is 5.75 Å². The number of rotatable bonds is 2. The van der Waals surface area contributed by atoms with Crippen LogP contribution in [0.2, 0.25) is 0 Å². The van der Waals surface area contributed by atoms with E-state index in [1.165, 1.54) is 17.5 Å². The second-order valence-corrected chi connectivity index (χ2v) is 8.02. The molecule has 2 fully saturated rings. The molecule has 0 bridgehead atoms. The molecule has 2 saturated heterocycles. The first-order chi connectivity index (χ1) is 12.6. The molecule has 1 aromatic rings. The number of hydrogen-bond acceptors (Lipinski definition) is 3. The Morgan fingerprint density at radius 1 is 1.35 bits per heavy atom. The number of urea groups is 1. The predicted octanol–water partition coefficient (Wildman–Crippen LogP) is 3.15. The lowest BCUT2D eigenvalue weighted by Gasteiger charge is -2.52. The van der Waals surface area contributed by atoms with E-state index in [1.807, 2.05) is 18.9 Å². The van der Waals surface area contributed by atoms with Crippen LogP contribution in [0.5, 0.6) is 5.75 Å². The Morgan fingerprint density at radius 2 is 2.19 bits per heavy atom. The van der Waals surface area contributed by atoms with E-state index in [0.717, 1.165) is 51.2 Å². The van der Waals surface area contributed by atoms with Gasteiger partial charge in [0.15, 0.2) is 0 Å². The van der Waals surface area contributed by atoms with Crippen molar-refractivity contribution in [2.24, 2.45) is 5.92 Å². The molecule has 5 heteroatoms. The Bertz CT molecular complexity index is 677. The molecule has 0 aliphatic carbocycles. The van der Waals surface area contributed by atoms with E-state index in [1.54, 1.807) is 7.11 Å². The zero-order valence-corrected chi connectivity index (χ0v) is 16.3. The van der Waals surface area contributed by atoms with Gasteiger partial charge in [0.2, 0.25) is 0 Å². The molecule has 3 unspecified atom stereocenters. The average Bonchev–Trinajstić information content (AvgIpc) is 2.70. The maximum atomic E-state index is 12.9. The molecule has 26 heavy (non-hydrogen) atoms. The third-order valence-electron chi connectivity index (χ3n) is 6.72. The summed E-state index contributed by atoms with van der Waals surface area (Å²) in [5.74, 6) is 1.57. The number of piperidine rings is 2. The van der Waals surface area contributed by atoms with E-state index in [2.05, 4.69) is 28.0 Å². The summed E-state index contributed by atoms with van der Waals surface area (Å²) in [6.45, 7) is 5.97. The minimum absolute atomic E-state index is 0.210. The van der Waals surface area contributed by atoms with E-state index >= 15 is 0 Å². The first-order valence-corrected chi connectivity index (χ1v) is 10.0. The first kappa shape index (κ1) is 17.7. The molecule has 1 aromatic carbocycles. The van der Waals surface area contributed by atoms with Crippen LogP contribution in [0.1, 0.15) is 43.4 Å². The van der Waals surface area contributed by atoms with Crippen molar-refractivity contribution in [3.63, 3.8) is 0 Å². The zero-order chi connectivity index (χ0) is 18.3. The summed E-state index contributed by atoms with van der Waals surface area (Å²) < 4.78 is 5.42. The van der Waals surface area contributed by atoms with Crippen molar-refractivity contribution < 1.29 is 9.53 Å². The lowest BCUT2D eigenvalue weighted by atomic mass is 9.76. The summed E-state index contributed by atoms with van der Waals surface area (Å²) >= 11 is 0. The van der Waals surface area contributed by atoms with Gasteiger partial charge in [-0.1, -0.05) is 6.07 Å². The minimum Gasteiger partial charge on any atom is -0.497 e. The number of likely N-dealkylation sites (tertiary alicyclic amines) is 1. The summed E-state index contributed by atoms with van der Waals surface area (Å²) in [6.07, 6.45) is 4.55. The van der Waals surface area contributed by atoms with E-state index in [0.29, 0.717) is 18.0 Å². The van der Waals surface area contributed by atoms with Gasteiger partial charge in [-0.15, -0.1) is 0 Å². The van der Waals surface area contributed by atoms with Gasteiger partial charge in [-0.05, 0) is 61.8 Å². The van der Waals surface area contributed by atoms with Crippen LogP contribution < -0.4 is 4.74 Å². The number of fused-ring (bicyclic) bond motifs is 4. The van der Waals surface area contributed by atoms with E-state index in [4.69, 9.17) is 4.74 Å². The highest BCUT2D eigenvalue weighted by molar-refractivity contribution is 5.74. The smallest absolute Gasteiger partial charge is 0.319 e. The highest BCUT2D eigenvalue weighted by Crippen LogP contribution is 2.43. The summed E-state index contributed by atoms with van der Waals surface area (Å²) in [4.78, 5) is 19.6. The topological polar surface area (TPSA) is 36.0 Å². The number of methoxy groups -OCH3 is 1. The fourth-order valence-electron chi connectivity index (χ4n) is 5.15. The molecule has 0 saturated carbocycles. The maximum Gasteiger partial charge on any atom is 0.319 e. The molecular weight excluding hydrogens is 326 g/mol. The molecular formula is C21H31N3O2. The van der Waals surface area contributed by atoms with Crippen molar-refractivity contribution in [3.05, 3.63) is 29.3 Å². The van der Waals surface area contributed by atoms with Gasteiger partial charge >= 0.3 is 6.03 Å². The fourth-order valence-corrected chi connectivity index (χ4v) is 5.15.